The van der Waals surface area contributed by atoms with Gasteiger partial charge in [-0.1, -0.05) is 211 Å². The second kappa shape index (κ2) is 24.4. The Bertz CT molecular complexity index is 2610. The van der Waals surface area contributed by atoms with E-state index in [-0.39, 0.29) is 0 Å². The van der Waals surface area contributed by atoms with Gasteiger partial charge < -0.3 is 14.4 Å². The Kier molecular flexibility index (Phi) is 17.5. The number of ether oxygens (including phenoxy) is 2. The first-order chi connectivity index (χ1) is 32.3. The minimum absolute atomic E-state index is 0.613. The average molecular weight is 870 g/mol. The molecule has 1 atom stereocenters. The van der Waals surface area contributed by atoms with Crippen LogP contribution in [0.2, 0.25) is 0 Å². The summed E-state index contributed by atoms with van der Waals surface area (Å²) in [6, 6.07) is 60.6. The van der Waals surface area contributed by atoms with E-state index in [0.717, 1.165) is 75.1 Å². The first-order valence-electron chi connectivity index (χ1n) is 24.0. The Hall–Kier alpha value is -6.84. The summed E-state index contributed by atoms with van der Waals surface area (Å²) in [5, 5.41) is 0. The Morgan fingerprint density at radius 1 is 0.470 bits per heavy atom. The van der Waals surface area contributed by atoms with Gasteiger partial charge in [0.2, 0.25) is 0 Å². The second-order valence-electron chi connectivity index (χ2n) is 17.9. The van der Waals surface area contributed by atoms with Crippen LogP contribution in [0.1, 0.15) is 105 Å². The highest BCUT2D eigenvalue weighted by atomic mass is 16.5. The SMILES string of the molecule is CCCCc1ccc(-c2ccc(N(c3ccc(C=Cc4ccccc4)cc3)c3ccc(C=Cc4cc(OCCC(C)CCCC(C)C)c(C=Cc5ccccc5)cc4OC)cc3)cc2)cc1. The standard InChI is InChI=1S/C63H67NO2/c1-6-7-17-52-24-32-55(33-25-52)56-36-42-61(43-37-56)64(59-38-28-53(29-39-59)23-22-50-18-10-8-11-19-50)60-40-30-54(31-41-60)27-34-57-47-63(66-45-44-49(4)16-14-15-48(2)3)58(46-62(57)65-5)35-26-51-20-12-9-13-21-51/h8-13,18-43,46-49H,6-7,14-17,44-45H2,1-5H3. The maximum absolute atomic E-state index is 6.58. The van der Waals surface area contributed by atoms with E-state index in [1.165, 1.54) is 54.4 Å². The van der Waals surface area contributed by atoms with E-state index >= 15 is 0 Å². The predicted octanol–water partition coefficient (Wildman–Crippen LogP) is 17.9. The zero-order chi connectivity index (χ0) is 45.9. The molecular weight excluding hydrogens is 803 g/mol. The van der Waals surface area contributed by atoms with Crippen molar-refractivity contribution in [2.24, 2.45) is 11.8 Å². The topological polar surface area (TPSA) is 21.7 Å². The third kappa shape index (κ3) is 13.8. The molecule has 336 valence electrons. The van der Waals surface area contributed by atoms with E-state index in [4.69, 9.17) is 9.47 Å². The highest BCUT2D eigenvalue weighted by molar-refractivity contribution is 5.82. The maximum Gasteiger partial charge on any atom is 0.127 e. The molecule has 0 heterocycles. The van der Waals surface area contributed by atoms with Crippen molar-refractivity contribution < 1.29 is 9.47 Å². The number of methoxy groups -OCH3 is 1. The lowest BCUT2D eigenvalue weighted by atomic mass is 9.97. The van der Waals surface area contributed by atoms with Gasteiger partial charge in [0.05, 0.1) is 13.7 Å². The van der Waals surface area contributed by atoms with Crippen LogP contribution in [0.4, 0.5) is 17.1 Å². The normalized spacial score (nSPS) is 12.1. The second-order valence-corrected chi connectivity index (χ2v) is 17.9. The van der Waals surface area contributed by atoms with E-state index in [0.29, 0.717) is 12.5 Å². The molecule has 0 aliphatic rings. The number of hydrogen-bond acceptors (Lipinski definition) is 3. The zero-order valence-corrected chi connectivity index (χ0v) is 39.7. The molecule has 7 aromatic rings. The lowest BCUT2D eigenvalue weighted by Crippen LogP contribution is -2.09. The smallest absolute Gasteiger partial charge is 0.127 e. The van der Waals surface area contributed by atoms with Crippen molar-refractivity contribution in [3.05, 3.63) is 209 Å². The zero-order valence-electron chi connectivity index (χ0n) is 39.7. The largest absolute Gasteiger partial charge is 0.496 e. The van der Waals surface area contributed by atoms with Gasteiger partial charge in [-0.3, -0.25) is 0 Å². The lowest BCUT2D eigenvalue weighted by molar-refractivity contribution is 0.275. The van der Waals surface area contributed by atoms with E-state index in [9.17, 15) is 0 Å². The van der Waals surface area contributed by atoms with Crippen molar-refractivity contribution in [2.45, 2.75) is 72.6 Å². The molecule has 0 aliphatic carbocycles. The maximum atomic E-state index is 6.58. The molecule has 0 bridgehead atoms. The van der Waals surface area contributed by atoms with Crippen molar-refractivity contribution in [2.75, 3.05) is 18.6 Å². The summed E-state index contributed by atoms with van der Waals surface area (Å²) in [6.07, 6.45) is 21.2. The minimum Gasteiger partial charge on any atom is -0.496 e. The van der Waals surface area contributed by atoms with Gasteiger partial charge in [-0.05, 0) is 119 Å². The molecule has 0 saturated heterocycles. The number of aryl methyl sites for hydroxylation is 1. The van der Waals surface area contributed by atoms with Crippen LogP contribution in [0.3, 0.4) is 0 Å². The monoisotopic (exact) mass is 870 g/mol. The molecule has 3 heteroatoms. The van der Waals surface area contributed by atoms with Gasteiger partial charge in [0.25, 0.3) is 0 Å². The summed E-state index contributed by atoms with van der Waals surface area (Å²) in [5.41, 5.74) is 13.6. The van der Waals surface area contributed by atoms with Crippen molar-refractivity contribution in [1.29, 1.82) is 0 Å². The lowest BCUT2D eigenvalue weighted by Gasteiger charge is -2.26. The molecule has 0 aromatic heterocycles. The molecule has 0 radical (unpaired) electrons. The Morgan fingerprint density at radius 2 is 0.924 bits per heavy atom. The molecule has 0 N–H and O–H groups in total. The molecule has 7 aromatic carbocycles. The molecule has 1 unspecified atom stereocenters. The molecular formula is C63H67NO2. The van der Waals surface area contributed by atoms with Crippen LogP contribution in [0.5, 0.6) is 11.5 Å². The summed E-state index contributed by atoms with van der Waals surface area (Å²) in [4.78, 5) is 2.33. The Morgan fingerprint density at radius 3 is 1.42 bits per heavy atom. The molecule has 0 saturated carbocycles. The van der Waals surface area contributed by atoms with Crippen LogP contribution in [-0.4, -0.2) is 13.7 Å². The van der Waals surface area contributed by atoms with Crippen LogP contribution < -0.4 is 14.4 Å². The van der Waals surface area contributed by atoms with Crippen molar-refractivity contribution in [1.82, 2.24) is 0 Å². The average Bonchev–Trinajstić information content (AvgIpc) is 3.35. The fourth-order valence-corrected chi connectivity index (χ4v) is 8.20. The van der Waals surface area contributed by atoms with Gasteiger partial charge in [0, 0.05) is 28.2 Å². The quantitative estimate of drug-likeness (QED) is 0.0634. The fourth-order valence-electron chi connectivity index (χ4n) is 8.20. The third-order valence-electron chi connectivity index (χ3n) is 12.2. The van der Waals surface area contributed by atoms with E-state index in [1.807, 2.05) is 12.1 Å². The highest BCUT2D eigenvalue weighted by Crippen LogP contribution is 2.37. The number of hydrogen-bond donors (Lipinski definition) is 0. The first-order valence-corrected chi connectivity index (χ1v) is 24.0. The Balaban J connectivity index is 1.14. The van der Waals surface area contributed by atoms with Gasteiger partial charge in [-0.15, -0.1) is 0 Å². The summed E-state index contributed by atoms with van der Waals surface area (Å²) in [7, 11) is 1.74. The Labute approximate surface area is 395 Å². The van der Waals surface area contributed by atoms with Gasteiger partial charge in [-0.25, -0.2) is 0 Å². The van der Waals surface area contributed by atoms with Crippen molar-refractivity contribution >= 4 is 53.5 Å². The van der Waals surface area contributed by atoms with Crippen LogP contribution in [0.25, 0.3) is 47.6 Å². The van der Waals surface area contributed by atoms with Crippen molar-refractivity contribution in [3.8, 4) is 22.6 Å². The summed E-state index contributed by atoms with van der Waals surface area (Å²) in [5.74, 6) is 3.02. The number of rotatable bonds is 22. The van der Waals surface area contributed by atoms with Gasteiger partial charge in [-0.2, -0.15) is 0 Å². The first kappa shape index (κ1) is 47.1. The van der Waals surface area contributed by atoms with Crippen LogP contribution in [-0.2, 0) is 6.42 Å². The molecule has 0 aliphatic heterocycles. The molecule has 0 fully saturated rings. The predicted molar refractivity (Wildman–Crippen MR) is 286 cm³/mol. The summed E-state index contributed by atoms with van der Waals surface area (Å²) >= 11 is 0. The number of anilines is 3. The fraction of sp³-hybridized carbons (Fsp3) is 0.238. The van der Waals surface area contributed by atoms with Gasteiger partial charge in [0.1, 0.15) is 11.5 Å². The number of benzene rings is 7. The summed E-state index contributed by atoms with van der Waals surface area (Å²) < 4.78 is 12.6. The molecule has 0 amide bonds. The number of nitrogens with zero attached hydrogens (tertiary/aromatic N) is 1. The van der Waals surface area contributed by atoms with Crippen molar-refractivity contribution in [3.63, 3.8) is 0 Å². The van der Waals surface area contributed by atoms with Crippen LogP contribution in [0, 0.1) is 11.8 Å². The third-order valence-corrected chi connectivity index (χ3v) is 12.2. The number of unbranched alkanes of at least 4 members (excludes halogenated alkanes) is 1. The minimum atomic E-state index is 0.613. The molecule has 66 heavy (non-hydrogen) atoms. The summed E-state index contributed by atoms with van der Waals surface area (Å²) in [6.45, 7) is 9.87. The van der Waals surface area contributed by atoms with Gasteiger partial charge in [0.15, 0.2) is 0 Å². The van der Waals surface area contributed by atoms with E-state index in [1.54, 1.807) is 7.11 Å². The molecule has 3 nitrogen and oxygen atoms in total. The van der Waals surface area contributed by atoms with Gasteiger partial charge >= 0.3 is 0 Å². The molecule has 0 spiro atoms. The highest BCUT2D eigenvalue weighted by Gasteiger charge is 2.14. The van der Waals surface area contributed by atoms with E-state index < -0.39 is 0 Å². The van der Waals surface area contributed by atoms with Crippen LogP contribution in [0.15, 0.2) is 170 Å². The van der Waals surface area contributed by atoms with E-state index in [2.05, 4.69) is 227 Å². The molecule has 7 rings (SSSR count). The van der Waals surface area contributed by atoms with Crippen LogP contribution >= 0.6 is 0 Å².